The van der Waals surface area contributed by atoms with Gasteiger partial charge in [-0.2, -0.15) is 0 Å². The van der Waals surface area contributed by atoms with Crippen molar-refractivity contribution < 1.29 is 28.7 Å². The molecule has 0 aliphatic heterocycles. The number of hydrogen-bond donors (Lipinski definition) is 2. The van der Waals surface area contributed by atoms with Crippen LogP contribution in [0.15, 0.2) is 48.5 Å². The lowest BCUT2D eigenvalue weighted by Crippen LogP contribution is -2.54. The van der Waals surface area contributed by atoms with Gasteiger partial charge in [0.15, 0.2) is 0 Å². The van der Waals surface area contributed by atoms with Gasteiger partial charge >= 0.3 is 12.1 Å². The topological polar surface area (TPSA) is 114 Å². The Bertz CT molecular complexity index is 1280. The summed E-state index contributed by atoms with van der Waals surface area (Å²) in [7, 11) is 0. The molecule has 9 heteroatoms. The van der Waals surface area contributed by atoms with Crippen molar-refractivity contribution in [3.8, 4) is 0 Å². The average molecular weight is 610 g/mol. The van der Waals surface area contributed by atoms with Gasteiger partial charge in [0, 0.05) is 13.0 Å². The van der Waals surface area contributed by atoms with Gasteiger partial charge in [0.05, 0.1) is 0 Å². The zero-order valence-electron chi connectivity index (χ0n) is 28.1. The molecule has 242 valence electrons. The van der Waals surface area contributed by atoms with Crippen molar-refractivity contribution >= 4 is 23.9 Å². The molecule has 0 radical (unpaired) electrons. The van der Waals surface area contributed by atoms with Gasteiger partial charge in [0.25, 0.3) is 0 Å². The van der Waals surface area contributed by atoms with Crippen molar-refractivity contribution in [3.63, 3.8) is 0 Å². The second kappa shape index (κ2) is 15.7. The highest BCUT2D eigenvalue weighted by Crippen LogP contribution is 2.28. The highest BCUT2D eigenvalue weighted by Gasteiger charge is 2.37. The van der Waals surface area contributed by atoms with E-state index >= 15 is 0 Å². The summed E-state index contributed by atoms with van der Waals surface area (Å²) in [4.78, 5) is 55.9. The number of aryl methyl sites for hydroxylation is 2. The van der Waals surface area contributed by atoms with E-state index in [0.29, 0.717) is 12.0 Å². The highest BCUT2D eigenvalue weighted by atomic mass is 16.6. The Hall–Kier alpha value is -3.88. The average Bonchev–Trinajstić information content (AvgIpc) is 2.90. The fourth-order valence-electron chi connectivity index (χ4n) is 4.66. The summed E-state index contributed by atoms with van der Waals surface area (Å²) in [6, 6.07) is 12.1. The van der Waals surface area contributed by atoms with Gasteiger partial charge < -0.3 is 25.0 Å². The third-order valence-electron chi connectivity index (χ3n) is 6.72. The lowest BCUT2D eigenvalue weighted by atomic mass is 9.95. The van der Waals surface area contributed by atoms with E-state index in [1.165, 1.54) is 4.90 Å². The van der Waals surface area contributed by atoms with Crippen LogP contribution in [0.2, 0.25) is 0 Å². The summed E-state index contributed by atoms with van der Waals surface area (Å²) in [6.07, 6.45) is 0.877. The van der Waals surface area contributed by atoms with E-state index in [0.717, 1.165) is 23.1 Å². The maximum atomic E-state index is 14.4. The number of unbranched alkanes of at least 4 members (excludes halogenated alkanes) is 1. The van der Waals surface area contributed by atoms with Crippen LogP contribution >= 0.6 is 0 Å². The predicted molar refractivity (Wildman–Crippen MR) is 172 cm³/mol. The van der Waals surface area contributed by atoms with Crippen molar-refractivity contribution in [2.24, 2.45) is 0 Å². The molecule has 2 aromatic carbocycles. The zero-order valence-corrected chi connectivity index (χ0v) is 28.1. The second-order valence-electron chi connectivity index (χ2n) is 13.3. The molecule has 0 saturated heterocycles. The van der Waals surface area contributed by atoms with Crippen LogP contribution in [0.25, 0.3) is 0 Å². The van der Waals surface area contributed by atoms with Gasteiger partial charge in [-0.25, -0.2) is 9.59 Å². The largest absolute Gasteiger partial charge is 0.458 e. The minimum atomic E-state index is -1.07. The number of carbonyl (C=O) groups is 4. The van der Waals surface area contributed by atoms with Gasteiger partial charge in [-0.15, -0.1) is 0 Å². The molecule has 0 aliphatic carbocycles. The quantitative estimate of drug-likeness (QED) is 0.287. The fourth-order valence-corrected chi connectivity index (χ4v) is 4.66. The van der Waals surface area contributed by atoms with Gasteiger partial charge in [-0.3, -0.25) is 9.59 Å². The van der Waals surface area contributed by atoms with Crippen molar-refractivity contribution in [3.05, 3.63) is 70.8 Å². The summed E-state index contributed by atoms with van der Waals surface area (Å²) in [5, 5.41) is 5.56. The Morgan fingerprint density at radius 3 is 2.05 bits per heavy atom. The minimum absolute atomic E-state index is 0.209. The van der Waals surface area contributed by atoms with Crippen LogP contribution in [0.5, 0.6) is 0 Å². The van der Waals surface area contributed by atoms with E-state index in [4.69, 9.17) is 9.47 Å². The first-order chi connectivity index (χ1) is 20.4. The molecule has 0 spiro atoms. The third-order valence-corrected chi connectivity index (χ3v) is 6.72. The van der Waals surface area contributed by atoms with Crippen LogP contribution in [0.3, 0.4) is 0 Å². The number of nitrogens with zero attached hydrogens (tertiary/aromatic N) is 1. The Kier molecular flexibility index (Phi) is 13.0. The molecule has 0 fully saturated rings. The number of carbonyl (C=O) groups excluding carboxylic acids is 4. The number of hydrogen-bond acceptors (Lipinski definition) is 6. The van der Waals surface area contributed by atoms with Crippen LogP contribution in [0.4, 0.5) is 4.79 Å². The third kappa shape index (κ3) is 11.7. The Labute approximate surface area is 263 Å². The minimum Gasteiger partial charge on any atom is -0.458 e. The number of nitrogens with one attached hydrogen (secondary N) is 2. The maximum absolute atomic E-state index is 14.4. The fraction of sp³-hybridized carbons (Fsp3) is 0.543. The second-order valence-corrected chi connectivity index (χ2v) is 13.3. The van der Waals surface area contributed by atoms with Gasteiger partial charge in [0.2, 0.25) is 11.8 Å². The first-order valence-corrected chi connectivity index (χ1v) is 15.4. The van der Waals surface area contributed by atoms with E-state index in [9.17, 15) is 19.2 Å². The summed E-state index contributed by atoms with van der Waals surface area (Å²) < 4.78 is 11.1. The van der Waals surface area contributed by atoms with E-state index in [1.54, 1.807) is 48.5 Å². The Morgan fingerprint density at radius 2 is 1.48 bits per heavy atom. The van der Waals surface area contributed by atoms with Crippen LogP contribution < -0.4 is 10.6 Å². The van der Waals surface area contributed by atoms with E-state index < -0.39 is 53.2 Å². The molecule has 44 heavy (non-hydrogen) atoms. The van der Waals surface area contributed by atoms with Crippen LogP contribution in [0.1, 0.15) is 96.5 Å². The van der Waals surface area contributed by atoms with Crippen molar-refractivity contribution in [1.29, 1.82) is 0 Å². The molecule has 9 nitrogen and oxygen atoms in total. The molecule has 2 N–H and O–H groups in total. The number of amides is 3. The molecule has 3 unspecified atom stereocenters. The molecule has 0 saturated carbocycles. The lowest BCUT2D eigenvalue weighted by molar-refractivity contribution is -0.159. The standard InChI is InChI=1S/C35H51N3O6/c1-11-12-20-38(31(40)25(4)36-33(42)44-35(8,9)10)29(27-21-23(2)18-19-24(27)3)30(39)37-28(32(41)43-34(5,6)7)22-26-16-14-13-15-17-26/h13-19,21,25,28-29H,11-12,20,22H2,1-10H3,(H,36,42)(H,37,39). The van der Waals surface area contributed by atoms with Crippen molar-refractivity contribution in [2.45, 2.75) is 118 Å². The molecule has 0 heterocycles. The summed E-state index contributed by atoms with van der Waals surface area (Å²) >= 11 is 0. The molecule has 2 rings (SSSR count). The first kappa shape index (κ1) is 36.3. The lowest BCUT2D eigenvalue weighted by Gasteiger charge is -2.35. The van der Waals surface area contributed by atoms with E-state index in [-0.39, 0.29) is 13.0 Å². The SMILES string of the molecule is CCCCN(C(=O)C(C)NC(=O)OC(C)(C)C)C(C(=O)NC(Cc1ccccc1)C(=O)OC(C)(C)C)c1cc(C)ccc1C. The molecule has 3 atom stereocenters. The Balaban J connectivity index is 2.57. The van der Waals surface area contributed by atoms with Crippen LogP contribution in [0, 0.1) is 13.8 Å². The van der Waals surface area contributed by atoms with Crippen molar-refractivity contribution in [2.75, 3.05) is 6.54 Å². The first-order valence-electron chi connectivity index (χ1n) is 15.4. The van der Waals surface area contributed by atoms with Gasteiger partial charge in [0.1, 0.15) is 29.3 Å². The normalized spacial score (nSPS) is 13.7. The van der Waals surface area contributed by atoms with Crippen molar-refractivity contribution in [1.82, 2.24) is 15.5 Å². The molecule has 0 bridgehead atoms. The van der Waals surface area contributed by atoms with Crippen LogP contribution in [-0.4, -0.2) is 58.6 Å². The predicted octanol–water partition coefficient (Wildman–Crippen LogP) is 5.96. The number of rotatable bonds is 12. The maximum Gasteiger partial charge on any atom is 0.408 e. The molecule has 2 aromatic rings. The summed E-state index contributed by atoms with van der Waals surface area (Å²) in [5.74, 6) is -1.53. The number of ether oxygens (including phenoxy) is 2. The number of alkyl carbamates (subject to hydrolysis) is 1. The molecular formula is C35H51N3O6. The smallest absolute Gasteiger partial charge is 0.408 e. The molecule has 0 aliphatic rings. The van der Waals surface area contributed by atoms with Gasteiger partial charge in [-0.05, 0) is 85.4 Å². The zero-order chi connectivity index (χ0) is 33.2. The summed E-state index contributed by atoms with van der Waals surface area (Å²) in [5.41, 5.74) is 1.70. The number of esters is 1. The molecule has 3 amide bonds. The molecule has 0 aromatic heterocycles. The monoisotopic (exact) mass is 609 g/mol. The Morgan fingerprint density at radius 1 is 0.864 bits per heavy atom. The summed E-state index contributed by atoms with van der Waals surface area (Å²) in [6.45, 7) is 18.2. The van der Waals surface area contributed by atoms with Crippen LogP contribution in [-0.2, 0) is 30.3 Å². The highest BCUT2D eigenvalue weighted by molar-refractivity contribution is 5.94. The number of benzene rings is 2. The van der Waals surface area contributed by atoms with E-state index in [1.807, 2.05) is 69.3 Å². The van der Waals surface area contributed by atoms with E-state index in [2.05, 4.69) is 10.6 Å². The molecular weight excluding hydrogens is 558 g/mol. The van der Waals surface area contributed by atoms with Gasteiger partial charge in [-0.1, -0.05) is 67.4 Å².